The fourth-order valence-corrected chi connectivity index (χ4v) is 2.59. The molecule has 1 rings (SSSR count). The van der Waals surface area contributed by atoms with E-state index in [0.29, 0.717) is 20.6 Å². The summed E-state index contributed by atoms with van der Waals surface area (Å²) in [6, 6.07) is 2.69. The number of phosphoric acid groups is 1. The molecule has 0 heterocycles. The minimum atomic E-state index is -3.69. The van der Waals surface area contributed by atoms with Crippen LogP contribution < -0.4 is 0 Å². The van der Waals surface area contributed by atoms with E-state index < -0.39 is 7.82 Å². The Morgan fingerprint density at radius 2 is 1.84 bits per heavy atom. The monoisotopic (exact) mass is 364 g/mol. The summed E-state index contributed by atoms with van der Waals surface area (Å²) >= 11 is 22.9. The van der Waals surface area contributed by atoms with Gasteiger partial charge in [0.15, 0.2) is 0 Å². The quantitative estimate of drug-likeness (QED) is 0.285. The zero-order valence-corrected chi connectivity index (χ0v) is 13.5. The second kappa shape index (κ2) is 7.75. The zero-order chi connectivity index (χ0) is 14.5. The van der Waals surface area contributed by atoms with E-state index in [-0.39, 0.29) is 6.07 Å². The van der Waals surface area contributed by atoms with Gasteiger partial charge in [0.05, 0.1) is 16.3 Å². The maximum absolute atomic E-state index is 11.7. The summed E-state index contributed by atoms with van der Waals surface area (Å²) in [5.41, 5.74) is 0.532. The average Bonchev–Trinajstić information content (AvgIpc) is 2.36. The SMILES string of the molecule is COP(=O)(O/C=C/c1cc(Cl)c(Cl)cc1Cl)OCCl. The van der Waals surface area contributed by atoms with E-state index in [9.17, 15) is 4.57 Å². The molecule has 4 nitrogen and oxygen atoms in total. The maximum atomic E-state index is 11.7. The van der Waals surface area contributed by atoms with Gasteiger partial charge in [0.2, 0.25) is 0 Å². The first-order valence-corrected chi connectivity index (χ1v) is 7.90. The number of phosphoric ester groups is 1. The number of alkyl halides is 1. The minimum absolute atomic E-state index is 0.327. The molecule has 0 aliphatic heterocycles. The summed E-state index contributed by atoms with van der Waals surface area (Å²) in [6.45, 7) is 0. The van der Waals surface area contributed by atoms with Gasteiger partial charge in [-0.15, -0.1) is 0 Å². The second-order valence-electron chi connectivity index (χ2n) is 3.06. The third kappa shape index (κ3) is 5.16. The number of halogens is 4. The molecule has 0 saturated carbocycles. The van der Waals surface area contributed by atoms with Gasteiger partial charge in [0.1, 0.15) is 6.07 Å². The van der Waals surface area contributed by atoms with Crippen LogP contribution in [-0.4, -0.2) is 13.2 Å². The second-order valence-corrected chi connectivity index (χ2v) is 6.23. The fourth-order valence-electron chi connectivity index (χ4n) is 1.03. The number of hydrogen-bond acceptors (Lipinski definition) is 4. The average molecular weight is 366 g/mol. The molecule has 1 atom stereocenters. The van der Waals surface area contributed by atoms with E-state index in [0.717, 1.165) is 6.26 Å². The number of benzene rings is 1. The molecule has 1 aromatic carbocycles. The zero-order valence-electron chi connectivity index (χ0n) is 9.61. The highest BCUT2D eigenvalue weighted by molar-refractivity contribution is 7.48. The highest BCUT2D eigenvalue weighted by atomic mass is 35.5. The minimum Gasteiger partial charge on any atom is -0.412 e. The highest BCUT2D eigenvalue weighted by Crippen LogP contribution is 2.49. The van der Waals surface area contributed by atoms with Crippen molar-refractivity contribution in [2.75, 3.05) is 13.2 Å². The molecule has 0 aliphatic rings. The van der Waals surface area contributed by atoms with Gasteiger partial charge in [-0.3, -0.25) is 9.05 Å². The summed E-state index contributed by atoms with van der Waals surface area (Å²) in [7, 11) is -2.52. The Balaban J connectivity index is 2.83. The van der Waals surface area contributed by atoms with E-state index in [1.807, 2.05) is 0 Å². The molecule has 0 bridgehead atoms. The lowest BCUT2D eigenvalue weighted by atomic mass is 10.2. The molecule has 1 unspecified atom stereocenters. The van der Waals surface area contributed by atoms with Gasteiger partial charge in [-0.05, 0) is 23.8 Å². The Kier molecular flexibility index (Phi) is 6.98. The van der Waals surface area contributed by atoms with E-state index in [4.69, 9.17) is 50.9 Å². The highest BCUT2D eigenvalue weighted by Gasteiger charge is 2.24. The molecule has 0 aliphatic carbocycles. The van der Waals surface area contributed by atoms with E-state index in [1.165, 1.54) is 25.3 Å². The fraction of sp³-hybridized carbons (Fsp3) is 0.200. The number of hydrogen-bond donors (Lipinski definition) is 0. The lowest BCUT2D eigenvalue weighted by molar-refractivity contribution is 0.187. The van der Waals surface area contributed by atoms with Crippen LogP contribution in [-0.2, 0) is 18.1 Å². The predicted molar refractivity (Wildman–Crippen MR) is 78.0 cm³/mol. The van der Waals surface area contributed by atoms with Gasteiger partial charge in [0, 0.05) is 12.1 Å². The summed E-state index contributed by atoms with van der Waals surface area (Å²) in [4.78, 5) is 0. The first kappa shape index (κ1) is 17.1. The Morgan fingerprint density at radius 1 is 1.21 bits per heavy atom. The van der Waals surface area contributed by atoms with Gasteiger partial charge < -0.3 is 4.52 Å². The van der Waals surface area contributed by atoms with Gasteiger partial charge in [-0.2, -0.15) is 0 Å². The van der Waals surface area contributed by atoms with Crippen LogP contribution in [0.4, 0.5) is 0 Å². The molecule has 19 heavy (non-hydrogen) atoms. The molecule has 0 spiro atoms. The van der Waals surface area contributed by atoms with Gasteiger partial charge in [0.25, 0.3) is 0 Å². The molecule has 0 aromatic heterocycles. The van der Waals surface area contributed by atoms with E-state index in [1.54, 1.807) is 0 Å². The van der Waals surface area contributed by atoms with Crippen LogP contribution in [0.2, 0.25) is 15.1 Å². The molecule has 0 N–H and O–H groups in total. The molecular formula is C10H9Cl4O4P. The largest absolute Gasteiger partial charge is 0.530 e. The molecule has 0 fully saturated rings. The van der Waals surface area contributed by atoms with Crippen molar-refractivity contribution in [2.45, 2.75) is 0 Å². The summed E-state index contributed by atoms with van der Waals surface area (Å²) in [5.74, 6) is 0. The summed E-state index contributed by atoms with van der Waals surface area (Å²) < 4.78 is 25.8. The molecule has 1 aromatic rings. The van der Waals surface area contributed by atoms with Gasteiger partial charge in [-0.25, -0.2) is 4.57 Å². The van der Waals surface area contributed by atoms with Crippen LogP contribution in [0.25, 0.3) is 6.08 Å². The topological polar surface area (TPSA) is 44.8 Å². The van der Waals surface area contributed by atoms with Crippen molar-refractivity contribution in [3.63, 3.8) is 0 Å². The molecule has 106 valence electrons. The first-order valence-electron chi connectivity index (χ1n) is 4.77. The summed E-state index contributed by atoms with van der Waals surface area (Å²) in [5, 5.41) is 1.02. The maximum Gasteiger partial charge on any atom is 0.530 e. The van der Waals surface area contributed by atoms with Crippen LogP contribution in [0.5, 0.6) is 0 Å². The lowest BCUT2D eigenvalue weighted by Gasteiger charge is -2.11. The standard InChI is InChI=1S/C10H9Cl4O4P/c1-16-19(15,18-6-11)17-3-2-7-4-9(13)10(14)5-8(7)12/h2-5H,6H2,1H3/b3-2+. The molecule has 0 saturated heterocycles. The van der Waals surface area contributed by atoms with E-state index >= 15 is 0 Å². The van der Waals surface area contributed by atoms with Crippen molar-refractivity contribution < 1.29 is 18.1 Å². The van der Waals surface area contributed by atoms with Crippen LogP contribution in [0.15, 0.2) is 18.4 Å². The Hall–Kier alpha value is 0.0700. The smallest absolute Gasteiger partial charge is 0.412 e. The molecule has 0 amide bonds. The van der Waals surface area contributed by atoms with Gasteiger partial charge in [-0.1, -0.05) is 46.4 Å². The van der Waals surface area contributed by atoms with Crippen molar-refractivity contribution in [1.82, 2.24) is 0 Å². The Bertz CT molecular complexity index is 520. The van der Waals surface area contributed by atoms with Crippen LogP contribution >= 0.6 is 54.2 Å². The van der Waals surface area contributed by atoms with Crippen molar-refractivity contribution in [3.8, 4) is 0 Å². The third-order valence-electron chi connectivity index (χ3n) is 1.91. The summed E-state index contributed by atoms with van der Waals surface area (Å²) in [6.07, 6.45) is 2.55. The number of rotatable bonds is 6. The Labute approximate surface area is 130 Å². The van der Waals surface area contributed by atoms with E-state index in [2.05, 4.69) is 9.05 Å². The Morgan fingerprint density at radius 3 is 2.42 bits per heavy atom. The normalized spacial score (nSPS) is 14.6. The van der Waals surface area contributed by atoms with Crippen LogP contribution in [0, 0.1) is 0 Å². The predicted octanol–water partition coefficient (Wildman–Crippen LogP) is 5.60. The van der Waals surface area contributed by atoms with Gasteiger partial charge >= 0.3 is 7.82 Å². The molecular weight excluding hydrogens is 357 g/mol. The van der Waals surface area contributed by atoms with Crippen molar-refractivity contribution in [1.29, 1.82) is 0 Å². The van der Waals surface area contributed by atoms with Crippen LogP contribution in [0.3, 0.4) is 0 Å². The van der Waals surface area contributed by atoms with Crippen molar-refractivity contribution in [3.05, 3.63) is 39.0 Å². The first-order chi connectivity index (χ1) is 8.91. The van der Waals surface area contributed by atoms with Crippen molar-refractivity contribution >= 4 is 60.3 Å². The lowest BCUT2D eigenvalue weighted by Crippen LogP contribution is -1.92. The van der Waals surface area contributed by atoms with Crippen molar-refractivity contribution in [2.24, 2.45) is 0 Å². The van der Waals surface area contributed by atoms with Crippen LogP contribution in [0.1, 0.15) is 5.56 Å². The molecule has 9 heteroatoms. The third-order valence-corrected chi connectivity index (χ3v) is 4.49. The molecule has 0 radical (unpaired) electrons.